The van der Waals surface area contributed by atoms with E-state index in [1.807, 2.05) is 6.92 Å². The first-order chi connectivity index (χ1) is 10.2. The van der Waals surface area contributed by atoms with Gasteiger partial charge in [0.25, 0.3) is 0 Å². The van der Waals surface area contributed by atoms with Crippen molar-refractivity contribution in [2.24, 2.45) is 0 Å². The molecular formula is C17H24N2OS. The molecule has 2 heterocycles. The van der Waals surface area contributed by atoms with Crippen LogP contribution in [0.2, 0.25) is 0 Å². The van der Waals surface area contributed by atoms with Crippen molar-refractivity contribution >= 4 is 17.2 Å². The average Bonchev–Trinajstić information content (AvgIpc) is 2.95. The van der Waals surface area contributed by atoms with E-state index in [0.717, 1.165) is 38.0 Å². The Bertz CT molecular complexity index is 535. The number of carbonyl (C=O) groups is 1. The van der Waals surface area contributed by atoms with Crippen molar-refractivity contribution in [1.29, 1.82) is 0 Å². The Hall–Kier alpha value is -1.16. The van der Waals surface area contributed by atoms with Gasteiger partial charge in [0.2, 0.25) is 5.91 Å². The number of hydrogen-bond acceptors (Lipinski definition) is 3. The molecule has 1 saturated heterocycles. The lowest BCUT2D eigenvalue weighted by Gasteiger charge is -2.32. The summed E-state index contributed by atoms with van der Waals surface area (Å²) in [5.74, 6) is 0.767. The second-order valence-electron chi connectivity index (χ2n) is 6.29. The van der Waals surface area contributed by atoms with Crippen LogP contribution in [0.25, 0.3) is 0 Å². The van der Waals surface area contributed by atoms with E-state index in [4.69, 9.17) is 0 Å². The van der Waals surface area contributed by atoms with E-state index in [9.17, 15) is 4.79 Å². The lowest BCUT2D eigenvalue weighted by molar-refractivity contribution is -0.131. The van der Waals surface area contributed by atoms with Gasteiger partial charge in [-0.1, -0.05) is 11.6 Å². The number of thiazole rings is 1. The van der Waals surface area contributed by atoms with Crippen LogP contribution < -0.4 is 0 Å². The van der Waals surface area contributed by atoms with Gasteiger partial charge in [0, 0.05) is 36.5 Å². The minimum atomic E-state index is 0.320. The average molecular weight is 304 g/mol. The Morgan fingerprint density at radius 3 is 3.05 bits per heavy atom. The highest BCUT2D eigenvalue weighted by Gasteiger charge is 2.26. The maximum absolute atomic E-state index is 12.5. The highest BCUT2D eigenvalue weighted by molar-refractivity contribution is 7.09. The Morgan fingerprint density at radius 2 is 2.33 bits per heavy atom. The summed E-state index contributed by atoms with van der Waals surface area (Å²) < 4.78 is 0. The van der Waals surface area contributed by atoms with Crippen LogP contribution in [0.4, 0.5) is 0 Å². The molecule has 1 atom stereocenters. The van der Waals surface area contributed by atoms with Gasteiger partial charge < -0.3 is 4.90 Å². The normalized spacial score (nSPS) is 23.0. The largest absolute Gasteiger partial charge is 0.342 e. The van der Waals surface area contributed by atoms with Gasteiger partial charge in [-0.3, -0.25) is 4.79 Å². The molecule has 1 fully saturated rings. The van der Waals surface area contributed by atoms with Crippen LogP contribution in [0.15, 0.2) is 17.0 Å². The molecule has 1 aromatic rings. The summed E-state index contributed by atoms with van der Waals surface area (Å²) in [6.45, 7) is 3.83. The molecule has 4 heteroatoms. The van der Waals surface area contributed by atoms with Gasteiger partial charge in [-0.05, 0) is 45.4 Å². The molecule has 1 aliphatic heterocycles. The Labute approximate surface area is 131 Å². The quantitative estimate of drug-likeness (QED) is 0.789. The number of likely N-dealkylation sites (tertiary alicyclic amines) is 1. The number of aromatic nitrogens is 1. The topological polar surface area (TPSA) is 33.2 Å². The summed E-state index contributed by atoms with van der Waals surface area (Å²) in [5.41, 5.74) is 2.46. The fraction of sp³-hybridized carbons (Fsp3) is 0.647. The molecule has 114 valence electrons. The van der Waals surface area contributed by atoms with Gasteiger partial charge in [-0.25, -0.2) is 4.98 Å². The van der Waals surface area contributed by atoms with Crippen molar-refractivity contribution in [3.05, 3.63) is 27.7 Å². The second kappa shape index (κ2) is 6.73. The lowest BCUT2D eigenvalue weighted by atomic mass is 9.95. The van der Waals surface area contributed by atoms with E-state index in [1.165, 1.54) is 29.8 Å². The molecule has 0 N–H and O–H groups in total. The lowest BCUT2D eigenvalue weighted by Crippen LogP contribution is -2.39. The molecule has 0 bridgehead atoms. The van der Waals surface area contributed by atoms with Crippen molar-refractivity contribution in [2.45, 2.75) is 57.8 Å². The first-order valence-electron chi connectivity index (χ1n) is 8.10. The molecule has 0 spiro atoms. The molecule has 21 heavy (non-hydrogen) atoms. The van der Waals surface area contributed by atoms with Crippen LogP contribution in [-0.2, 0) is 4.79 Å². The minimum Gasteiger partial charge on any atom is -0.342 e. The van der Waals surface area contributed by atoms with Crippen LogP contribution >= 0.6 is 11.3 Å². The number of carbonyl (C=O) groups excluding carboxylic acids is 1. The Balaban J connectivity index is 1.60. The van der Waals surface area contributed by atoms with Crippen LogP contribution in [-0.4, -0.2) is 28.9 Å². The highest BCUT2D eigenvalue weighted by atomic mass is 32.1. The van der Waals surface area contributed by atoms with Crippen LogP contribution in [0.5, 0.6) is 0 Å². The molecule has 1 aliphatic carbocycles. The minimum absolute atomic E-state index is 0.320. The third-order valence-corrected chi connectivity index (χ3v) is 5.65. The molecule has 0 unspecified atom stereocenters. The van der Waals surface area contributed by atoms with Gasteiger partial charge in [-0.2, -0.15) is 0 Å². The third-order valence-electron chi connectivity index (χ3n) is 4.52. The van der Waals surface area contributed by atoms with E-state index in [1.54, 1.807) is 11.3 Å². The molecule has 0 saturated carbocycles. The fourth-order valence-electron chi connectivity index (χ4n) is 3.34. The zero-order valence-corrected chi connectivity index (χ0v) is 13.6. The predicted molar refractivity (Wildman–Crippen MR) is 86.6 cm³/mol. The van der Waals surface area contributed by atoms with Crippen molar-refractivity contribution in [1.82, 2.24) is 9.88 Å². The van der Waals surface area contributed by atoms with Crippen molar-refractivity contribution < 1.29 is 4.79 Å². The zero-order valence-electron chi connectivity index (χ0n) is 12.8. The SMILES string of the molecule is Cc1csc([C@H]2CCCN(C(=O)CC3=CCCCC3)C2)n1. The number of amides is 1. The number of hydrogen-bond donors (Lipinski definition) is 0. The summed E-state index contributed by atoms with van der Waals surface area (Å²) in [6, 6.07) is 0. The summed E-state index contributed by atoms with van der Waals surface area (Å²) in [5, 5.41) is 3.32. The molecule has 0 aromatic carbocycles. The number of aryl methyl sites for hydroxylation is 1. The molecule has 3 nitrogen and oxygen atoms in total. The second-order valence-corrected chi connectivity index (χ2v) is 7.18. The smallest absolute Gasteiger partial charge is 0.226 e. The Morgan fingerprint density at radius 1 is 1.43 bits per heavy atom. The molecule has 1 amide bonds. The predicted octanol–water partition coefficient (Wildman–Crippen LogP) is 4.05. The van der Waals surface area contributed by atoms with Gasteiger partial charge >= 0.3 is 0 Å². The van der Waals surface area contributed by atoms with E-state index >= 15 is 0 Å². The molecular weight excluding hydrogens is 280 g/mol. The standard InChI is InChI=1S/C17H24N2OS/c1-13-12-21-17(18-13)15-8-5-9-19(11-15)16(20)10-14-6-3-2-4-7-14/h6,12,15H,2-5,7-11H2,1H3/t15-/m0/s1. The van der Waals surface area contributed by atoms with Crippen LogP contribution in [0, 0.1) is 6.92 Å². The van der Waals surface area contributed by atoms with Crippen molar-refractivity contribution in [3.8, 4) is 0 Å². The van der Waals surface area contributed by atoms with E-state index in [0.29, 0.717) is 18.2 Å². The van der Waals surface area contributed by atoms with Gasteiger partial charge in [0.1, 0.15) is 0 Å². The first kappa shape index (κ1) is 14.8. The maximum Gasteiger partial charge on any atom is 0.226 e. The van der Waals surface area contributed by atoms with E-state index in [-0.39, 0.29) is 0 Å². The summed E-state index contributed by atoms with van der Waals surface area (Å²) in [4.78, 5) is 19.2. The van der Waals surface area contributed by atoms with Crippen molar-refractivity contribution in [2.75, 3.05) is 13.1 Å². The summed E-state index contributed by atoms with van der Waals surface area (Å²) in [7, 11) is 0. The van der Waals surface area contributed by atoms with E-state index < -0.39 is 0 Å². The number of piperidine rings is 1. The van der Waals surface area contributed by atoms with Crippen LogP contribution in [0.3, 0.4) is 0 Å². The highest BCUT2D eigenvalue weighted by Crippen LogP contribution is 2.30. The third kappa shape index (κ3) is 3.73. The zero-order chi connectivity index (χ0) is 14.7. The number of allylic oxidation sites excluding steroid dienone is 1. The van der Waals surface area contributed by atoms with Gasteiger partial charge in [0.15, 0.2) is 0 Å². The van der Waals surface area contributed by atoms with Gasteiger partial charge in [-0.15, -0.1) is 11.3 Å². The van der Waals surface area contributed by atoms with Crippen LogP contribution in [0.1, 0.15) is 61.6 Å². The van der Waals surface area contributed by atoms with Gasteiger partial charge in [0.05, 0.1) is 5.01 Å². The fourth-order valence-corrected chi connectivity index (χ4v) is 4.26. The molecule has 3 rings (SSSR count). The number of rotatable bonds is 3. The first-order valence-corrected chi connectivity index (χ1v) is 8.98. The summed E-state index contributed by atoms with van der Waals surface area (Å²) in [6.07, 6.45) is 10.0. The Kier molecular flexibility index (Phi) is 4.73. The molecule has 0 radical (unpaired) electrons. The van der Waals surface area contributed by atoms with Crippen molar-refractivity contribution in [3.63, 3.8) is 0 Å². The molecule has 2 aliphatic rings. The number of nitrogens with zero attached hydrogens (tertiary/aromatic N) is 2. The molecule has 1 aromatic heterocycles. The van der Waals surface area contributed by atoms with E-state index in [2.05, 4.69) is 21.3 Å². The monoisotopic (exact) mass is 304 g/mol. The maximum atomic E-state index is 12.5. The summed E-state index contributed by atoms with van der Waals surface area (Å²) >= 11 is 1.75.